The molecule has 4 nitrogen and oxygen atoms in total. The van der Waals surface area contributed by atoms with Crippen molar-refractivity contribution in [1.29, 1.82) is 0 Å². The van der Waals surface area contributed by atoms with Crippen molar-refractivity contribution in [2.75, 3.05) is 19.9 Å². The molecule has 2 aliphatic heterocycles. The van der Waals surface area contributed by atoms with Crippen LogP contribution in [0.5, 0.6) is 11.5 Å². The molecule has 2 aliphatic rings. The summed E-state index contributed by atoms with van der Waals surface area (Å²) < 4.78 is 24.0. The third-order valence-corrected chi connectivity index (χ3v) is 4.97. The van der Waals surface area contributed by atoms with Gasteiger partial charge in [-0.1, -0.05) is 24.3 Å². The van der Waals surface area contributed by atoms with Crippen LogP contribution in [0.15, 0.2) is 42.5 Å². The Hall–Kier alpha value is -2.11. The number of hydrogen-bond acceptors (Lipinski definition) is 4. The Morgan fingerprint density at radius 3 is 2.64 bits per heavy atom. The van der Waals surface area contributed by atoms with Crippen LogP contribution in [0.4, 0.5) is 4.39 Å². The summed E-state index contributed by atoms with van der Waals surface area (Å²) in [5.41, 5.74) is 2.33. The maximum Gasteiger partial charge on any atom is 0.231 e. The largest absolute Gasteiger partial charge is 0.454 e. The van der Waals surface area contributed by atoms with Crippen LogP contribution in [0.3, 0.4) is 0 Å². The Labute approximate surface area is 147 Å². The van der Waals surface area contributed by atoms with Gasteiger partial charge in [-0.25, -0.2) is 4.39 Å². The third kappa shape index (κ3) is 3.94. The van der Waals surface area contributed by atoms with Crippen molar-refractivity contribution in [3.63, 3.8) is 0 Å². The number of fused-ring (bicyclic) bond motifs is 1. The second-order valence-corrected chi connectivity index (χ2v) is 6.71. The van der Waals surface area contributed by atoms with Gasteiger partial charge in [0.05, 0.1) is 0 Å². The van der Waals surface area contributed by atoms with E-state index in [0.29, 0.717) is 12.8 Å². The molecule has 0 atom stereocenters. The Bertz CT molecular complexity index is 712. The molecule has 2 heterocycles. The fourth-order valence-corrected chi connectivity index (χ4v) is 3.53. The molecule has 1 fully saturated rings. The molecule has 0 amide bonds. The van der Waals surface area contributed by atoms with Gasteiger partial charge in [0.2, 0.25) is 6.79 Å². The first-order chi connectivity index (χ1) is 12.3. The van der Waals surface area contributed by atoms with Gasteiger partial charge in [0.1, 0.15) is 5.82 Å². The summed E-state index contributed by atoms with van der Waals surface area (Å²) in [4.78, 5) is 2.43. The number of nitrogens with zero attached hydrogens (tertiary/aromatic N) is 1. The van der Waals surface area contributed by atoms with Crippen molar-refractivity contribution in [3.05, 3.63) is 59.4 Å². The molecule has 5 heteroatoms. The molecule has 2 aromatic rings. The van der Waals surface area contributed by atoms with Gasteiger partial charge in [-0.15, -0.1) is 0 Å². The number of halogens is 1. The monoisotopic (exact) mass is 342 g/mol. The lowest BCUT2D eigenvalue weighted by atomic mass is 10.0. The molecule has 0 spiro atoms. The van der Waals surface area contributed by atoms with Crippen molar-refractivity contribution in [3.8, 4) is 11.5 Å². The second kappa shape index (κ2) is 7.42. The van der Waals surface area contributed by atoms with E-state index in [9.17, 15) is 4.39 Å². The average Bonchev–Trinajstić information content (AvgIpc) is 3.12. The molecule has 132 valence electrons. The van der Waals surface area contributed by atoms with Crippen LogP contribution >= 0.6 is 0 Å². The highest BCUT2D eigenvalue weighted by Crippen LogP contribution is 2.35. The number of ether oxygens (including phenoxy) is 2. The molecule has 25 heavy (non-hydrogen) atoms. The normalized spacial score (nSPS) is 17.8. The average molecular weight is 342 g/mol. The zero-order chi connectivity index (χ0) is 17.1. The molecule has 0 unspecified atom stereocenters. The third-order valence-electron chi connectivity index (χ3n) is 4.97. The fraction of sp³-hybridized carbons (Fsp3) is 0.400. The van der Waals surface area contributed by atoms with Gasteiger partial charge in [0, 0.05) is 24.7 Å². The van der Waals surface area contributed by atoms with Crippen LogP contribution in [0.2, 0.25) is 0 Å². The molecule has 4 rings (SSSR count). The Morgan fingerprint density at radius 2 is 1.84 bits per heavy atom. The smallest absolute Gasteiger partial charge is 0.231 e. The minimum atomic E-state index is -0.173. The molecule has 1 saturated heterocycles. The Balaban J connectivity index is 1.25. The summed E-state index contributed by atoms with van der Waals surface area (Å²) in [5, 5.41) is 3.65. The van der Waals surface area contributed by atoms with Gasteiger partial charge in [0.25, 0.3) is 0 Å². The first kappa shape index (κ1) is 16.4. The van der Waals surface area contributed by atoms with E-state index in [0.717, 1.165) is 56.1 Å². The zero-order valence-electron chi connectivity index (χ0n) is 14.2. The van der Waals surface area contributed by atoms with Gasteiger partial charge in [-0.05, 0) is 49.7 Å². The number of nitrogens with one attached hydrogen (secondary N) is 1. The highest BCUT2D eigenvalue weighted by atomic mass is 19.1. The number of likely N-dealkylation sites (tertiary alicyclic amines) is 1. The first-order valence-electron chi connectivity index (χ1n) is 8.85. The Morgan fingerprint density at radius 1 is 1.04 bits per heavy atom. The van der Waals surface area contributed by atoms with Gasteiger partial charge in [-0.3, -0.25) is 4.90 Å². The lowest BCUT2D eigenvalue weighted by Crippen LogP contribution is -2.41. The van der Waals surface area contributed by atoms with Crippen LogP contribution in [0, 0.1) is 5.82 Å². The SMILES string of the molecule is Fc1ccc(CN2CCC(NCc3cccc4c3OCO4)CC2)cc1. The van der Waals surface area contributed by atoms with E-state index in [-0.39, 0.29) is 5.82 Å². The van der Waals surface area contributed by atoms with E-state index in [2.05, 4.69) is 16.3 Å². The standard InChI is InChI=1S/C20H23FN2O2/c21-17-6-4-15(5-7-17)13-23-10-8-18(9-11-23)22-12-16-2-1-3-19-20(16)25-14-24-19/h1-7,18,22H,8-14H2. The number of piperidine rings is 1. The minimum Gasteiger partial charge on any atom is -0.454 e. The summed E-state index contributed by atoms with van der Waals surface area (Å²) in [6.07, 6.45) is 2.24. The predicted molar refractivity (Wildman–Crippen MR) is 94.1 cm³/mol. The summed E-state index contributed by atoms with van der Waals surface area (Å²) >= 11 is 0. The molecule has 2 aromatic carbocycles. The van der Waals surface area contributed by atoms with Crippen molar-refractivity contribution < 1.29 is 13.9 Å². The molecular weight excluding hydrogens is 319 g/mol. The fourth-order valence-electron chi connectivity index (χ4n) is 3.53. The molecule has 0 aliphatic carbocycles. The predicted octanol–water partition coefficient (Wildman–Crippen LogP) is 3.31. The van der Waals surface area contributed by atoms with Crippen molar-refractivity contribution in [2.45, 2.75) is 32.0 Å². The number of benzene rings is 2. The molecular formula is C20H23FN2O2. The van der Waals surface area contributed by atoms with E-state index in [1.165, 1.54) is 17.7 Å². The Kier molecular flexibility index (Phi) is 4.85. The first-order valence-corrected chi connectivity index (χ1v) is 8.85. The summed E-state index contributed by atoms with van der Waals surface area (Å²) in [7, 11) is 0. The summed E-state index contributed by atoms with van der Waals surface area (Å²) in [6.45, 7) is 4.12. The van der Waals surface area contributed by atoms with Crippen LogP contribution in [0.1, 0.15) is 24.0 Å². The molecule has 0 radical (unpaired) electrons. The van der Waals surface area contributed by atoms with E-state index in [1.807, 2.05) is 24.3 Å². The van der Waals surface area contributed by atoms with Crippen molar-refractivity contribution >= 4 is 0 Å². The zero-order valence-corrected chi connectivity index (χ0v) is 14.2. The summed E-state index contributed by atoms with van der Waals surface area (Å²) in [6, 6.07) is 13.4. The molecule has 0 bridgehead atoms. The topological polar surface area (TPSA) is 33.7 Å². The lowest BCUT2D eigenvalue weighted by Gasteiger charge is -2.32. The van der Waals surface area contributed by atoms with E-state index >= 15 is 0 Å². The van der Waals surface area contributed by atoms with Crippen LogP contribution in [-0.2, 0) is 13.1 Å². The van der Waals surface area contributed by atoms with Crippen LogP contribution < -0.4 is 14.8 Å². The summed E-state index contributed by atoms with van der Waals surface area (Å²) in [5.74, 6) is 1.55. The maximum atomic E-state index is 13.0. The van der Waals surface area contributed by atoms with Gasteiger partial charge >= 0.3 is 0 Å². The van der Waals surface area contributed by atoms with E-state index in [1.54, 1.807) is 0 Å². The highest BCUT2D eigenvalue weighted by Gasteiger charge is 2.21. The quantitative estimate of drug-likeness (QED) is 0.904. The number of hydrogen-bond donors (Lipinski definition) is 1. The maximum absolute atomic E-state index is 13.0. The highest BCUT2D eigenvalue weighted by molar-refractivity contribution is 5.48. The van der Waals surface area contributed by atoms with Crippen LogP contribution in [-0.4, -0.2) is 30.8 Å². The number of para-hydroxylation sites is 1. The van der Waals surface area contributed by atoms with Gasteiger partial charge in [0.15, 0.2) is 11.5 Å². The lowest BCUT2D eigenvalue weighted by molar-refractivity contribution is 0.172. The van der Waals surface area contributed by atoms with E-state index in [4.69, 9.17) is 9.47 Å². The van der Waals surface area contributed by atoms with Crippen molar-refractivity contribution in [2.24, 2.45) is 0 Å². The molecule has 0 saturated carbocycles. The van der Waals surface area contributed by atoms with E-state index < -0.39 is 0 Å². The second-order valence-electron chi connectivity index (χ2n) is 6.71. The van der Waals surface area contributed by atoms with Gasteiger partial charge < -0.3 is 14.8 Å². The van der Waals surface area contributed by atoms with Crippen molar-refractivity contribution in [1.82, 2.24) is 10.2 Å². The van der Waals surface area contributed by atoms with Gasteiger partial charge in [-0.2, -0.15) is 0 Å². The minimum absolute atomic E-state index is 0.173. The number of rotatable bonds is 5. The molecule has 1 N–H and O–H groups in total. The van der Waals surface area contributed by atoms with Crippen LogP contribution in [0.25, 0.3) is 0 Å². The molecule has 0 aromatic heterocycles.